The Bertz CT molecular complexity index is 147. The molecule has 0 aromatic carbocycles. The lowest BCUT2D eigenvalue weighted by atomic mass is 9.96. The van der Waals surface area contributed by atoms with Gasteiger partial charge in [-0.05, 0) is 25.3 Å². The predicted molar refractivity (Wildman–Crippen MR) is 42.4 cm³/mol. The Kier molecular flexibility index (Phi) is 2.88. The summed E-state index contributed by atoms with van der Waals surface area (Å²) in [6, 6.07) is -0.282. The summed E-state index contributed by atoms with van der Waals surface area (Å²) in [5, 5.41) is 11.7. The molecule has 1 aliphatic rings. The van der Waals surface area contributed by atoms with Crippen molar-refractivity contribution >= 4 is 5.97 Å². The standard InChI is InChI=1S/C8H15NO2/c1-2-3-6-4-5-9-7(6)8(10)11/h6-7,9H,2-5H2,1H3,(H,10,11)/t6?,7-/m0/s1. The van der Waals surface area contributed by atoms with E-state index >= 15 is 0 Å². The molecule has 2 N–H and O–H groups in total. The highest BCUT2D eigenvalue weighted by atomic mass is 16.4. The van der Waals surface area contributed by atoms with Gasteiger partial charge in [-0.25, -0.2) is 0 Å². The minimum absolute atomic E-state index is 0.282. The van der Waals surface area contributed by atoms with Crippen LogP contribution in [0, 0.1) is 5.92 Å². The van der Waals surface area contributed by atoms with Crippen LogP contribution >= 0.6 is 0 Å². The summed E-state index contributed by atoms with van der Waals surface area (Å²) >= 11 is 0. The van der Waals surface area contributed by atoms with Crippen molar-refractivity contribution in [3.63, 3.8) is 0 Å². The zero-order valence-electron chi connectivity index (χ0n) is 6.84. The molecule has 2 atom stereocenters. The highest BCUT2D eigenvalue weighted by Crippen LogP contribution is 2.20. The first-order valence-corrected chi connectivity index (χ1v) is 4.22. The van der Waals surface area contributed by atoms with Gasteiger partial charge in [-0.15, -0.1) is 0 Å². The summed E-state index contributed by atoms with van der Waals surface area (Å²) in [5.41, 5.74) is 0. The summed E-state index contributed by atoms with van der Waals surface area (Å²) in [7, 11) is 0. The van der Waals surface area contributed by atoms with Gasteiger partial charge in [0.05, 0.1) is 0 Å². The third kappa shape index (κ3) is 1.93. The maximum absolute atomic E-state index is 10.6. The quantitative estimate of drug-likeness (QED) is 0.638. The minimum atomic E-state index is -0.694. The minimum Gasteiger partial charge on any atom is -0.480 e. The maximum atomic E-state index is 10.6. The molecule has 1 heterocycles. The fourth-order valence-corrected chi connectivity index (χ4v) is 1.73. The van der Waals surface area contributed by atoms with E-state index in [2.05, 4.69) is 12.2 Å². The van der Waals surface area contributed by atoms with Crippen LogP contribution in [0.3, 0.4) is 0 Å². The van der Waals surface area contributed by atoms with Crippen molar-refractivity contribution in [3.8, 4) is 0 Å². The van der Waals surface area contributed by atoms with Crippen molar-refractivity contribution < 1.29 is 9.90 Å². The number of carboxylic acids is 1. The van der Waals surface area contributed by atoms with Crippen molar-refractivity contribution in [2.75, 3.05) is 6.54 Å². The summed E-state index contributed by atoms with van der Waals surface area (Å²) in [6.07, 6.45) is 3.13. The smallest absolute Gasteiger partial charge is 0.320 e. The average Bonchev–Trinajstić information content (AvgIpc) is 2.36. The van der Waals surface area contributed by atoms with Gasteiger partial charge in [-0.2, -0.15) is 0 Å². The molecule has 1 aliphatic heterocycles. The Balaban J connectivity index is 2.44. The first kappa shape index (κ1) is 8.53. The van der Waals surface area contributed by atoms with E-state index in [1.807, 2.05) is 0 Å². The van der Waals surface area contributed by atoms with Crippen molar-refractivity contribution in [2.45, 2.75) is 32.2 Å². The van der Waals surface area contributed by atoms with E-state index in [1.165, 1.54) is 0 Å². The number of carbonyl (C=O) groups is 1. The van der Waals surface area contributed by atoms with Crippen LogP contribution in [0.15, 0.2) is 0 Å². The molecule has 0 aromatic rings. The van der Waals surface area contributed by atoms with E-state index in [-0.39, 0.29) is 6.04 Å². The van der Waals surface area contributed by atoms with E-state index in [1.54, 1.807) is 0 Å². The van der Waals surface area contributed by atoms with Gasteiger partial charge in [0.25, 0.3) is 0 Å². The lowest BCUT2D eigenvalue weighted by Crippen LogP contribution is -2.35. The highest BCUT2D eigenvalue weighted by molar-refractivity contribution is 5.74. The lowest BCUT2D eigenvalue weighted by Gasteiger charge is -2.13. The molecule has 11 heavy (non-hydrogen) atoms. The highest BCUT2D eigenvalue weighted by Gasteiger charge is 2.31. The summed E-state index contributed by atoms with van der Waals surface area (Å²) in [4.78, 5) is 10.6. The van der Waals surface area contributed by atoms with Crippen LogP contribution in [-0.2, 0) is 4.79 Å². The molecule has 64 valence electrons. The van der Waals surface area contributed by atoms with E-state index in [0.29, 0.717) is 5.92 Å². The molecule has 0 radical (unpaired) electrons. The zero-order valence-corrected chi connectivity index (χ0v) is 6.84. The molecule has 0 saturated carbocycles. The molecule has 1 unspecified atom stereocenters. The second-order valence-electron chi connectivity index (χ2n) is 3.11. The number of aliphatic carboxylic acids is 1. The van der Waals surface area contributed by atoms with Gasteiger partial charge in [0.15, 0.2) is 0 Å². The fourth-order valence-electron chi connectivity index (χ4n) is 1.73. The molecule has 0 amide bonds. The molecular weight excluding hydrogens is 142 g/mol. The van der Waals surface area contributed by atoms with Crippen LogP contribution in [0.1, 0.15) is 26.2 Å². The summed E-state index contributed by atoms with van der Waals surface area (Å²) in [5.74, 6) is -0.335. The Morgan fingerprint density at radius 2 is 2.45 bits per heavy atom. The molecule has 3 heteroatoms. The summed E-state index contributed by atoms with van der Waals surface area (Å²) in [6.45, 7) is 2.96. The average molecular weight is 157 g/mol. The second-order valence-corrected chi connectivity index (χ2v) is 3.11. The van der Waals surface area contributed by atoms with Gasteiger partial charge in [-0.3, -0.25) is 4.79 Å². The predicted octanol–water partition coefficient (Wildman–Crippen LogP) is 0.849. The van der Waals surface area contributed by atoms with Crippen LogP contribution in [0.4, 0.5) is 0 Å². The molecule has 1 saturated heterocycles. The van der Waals surface area contributed by atoms with Crippen molar-refractivity contribution in [3.05, 3.63) is 0 Å². The summed E-state index contributed by atoms with van der Waals surface area (Å²) < 4.78 is 0. The number of rotatable bonds is 3. The van der Waals surface area contributed by atoms with Crippen molar-refractivity contribution in [2.24, 2.45) is 5.92 Å². The van der Waals surface area contributed by atoms with Crippen LogP contribution in [-0.4, -0.2) is 23.7 Å². The van der Waals surface area contributed by atoms with E-state index < -0.39 is 5.97 Å². The first-order valence-electron chi connectivity index (χ1n) is 4.22. The van der Waals surface area contributed by atoms with E-state index in [0.717, 1.165) is 25.8 Å². The van der Waals surface area contributed by atoms with Crippen LogP contribution in [0.2, 0.25) is 0 Å². The largest absolute Gasteiger partial charge is 0.480 e. The van der Waals surface area contributed by atoms with Gasteiger partial charge in [0, 0.05) is 0 Å². The van der Waals surface area contributed by atoms with Crippen LogP contribution < -0.4 is 5.32 Å². The van der Waals surface area contributed by atoms with Gasteiger partial charge >= 0.3 is 5.97 Å². The fraction of sp³-hybridized carbons (Fsp3) is 0.875. The van der Waals surface area contributed by atoms with Gasteiger partial charge in [0.1, 0.15) is 6.04 Å². The number of nitrogens with one attached hydrogen (secondary N) is 1. The van der Waals surface area contributed by atoms with Gasteiger partial charge < -0.3 is 10.4 Å². The van der Waals surface area contributed by atoms with Gasteiger partial charge in [0.2, 0.25) is 0 Å². The van der Waals surface area contributed by atoms with Crippen molar-refractivity contribution in [1.82, 2.24) is 5.32 Å². The van der Waals surface area contributed by atoms with E-state index in [4.69, 9.17) is 5.11 Å². The number of hydrogen-bond acceptors (Lipinski definition) is 2. The zero-order chi connectivity index (χ0) is 8.27. The molecule has 3 nitrogen and oxygen atoms in total. The Morgan fingerprint density at radius 3 is 3.00 bits per heavy atom. The SMILES string of the molecule is CCCC1CCN[C@@H]1C(=O)O. The molecule has 0 bridgehead atoms. The molecule has 0 aliphatic carbocycles. The molecular formula is C8H15NO2. The Hall–Kier alpha value is -0.570. The van der Waals surface area contributed by atoms with E-state index in [9.17, 15) is 4.79 Å². The normalized spacial score (nSPS) is 30.6. The Labute approximate surface area is 66.8 Å². The molecule has 1 fully saturated rings. The van der Waals surface area contributed by atoms with Gasteiger partial charge in [-0.1, -0.05) is 13.3 Å². The lowest BCUT2D eigenvalue weighted by molar-refractivity contribution is -0.140. The van der Waals surface area contributed by atoms with Crippen molar-refractivity contribution in [1.29, 1.82) is 0 Å². The molecule has 1 rings (SSSR count). The first-order chi connectivity index (χ1) is 5.25. The number of hydrogen-bond donors (Lipinski definition) is 2. The number of carboxylic acid groups (broad SMARTS) is 1. The third-order valence-corrected chi connectivity index (χ3v) is 2.28. The monoisotopic (exact) mass is 157 g/mol. The molecule has 0 aromatic heterocycles. The Morgan fingerprint density at radius 1 is 1.73 bits per heavy atom. The van der Waals surface area contributed by atoms with Crippen LogP contribution in [0.25, 0.3) is 0 Å². The maximum Gasteiger partial charge on any atom is 0.320 e. The third-order valence-electron chi connectivity index (χ3n) is 2.28. The molecule has 0 spiro atoms. The van der Waals surface area contributed by atoms with Crippen LogP contribution in [0.5, 0.6) is 0 Å². The second kappa shape index (κ2) is 3.72. The topological polar surface area (TPSA) is 49.3 Å².